The van der Waals surface area contributed by atoms with Gasteiger partial charge in [0.1, 0.15) is 4.60 Å². The summed E-state index contributed by atoms with van der Waals surface area (Å²) in [4.78, 5) is 4.34. The monoisotopic (exact) mass is 255 g/mol. The lowest BCUT2D eigenvalue weighted by atomic mass is 10.1. The maximum atomic E-state index is 5.89. The molecular formula is C10H7BrClN. The van der Waals surface area contributed by atoms with Gasteiger partial charge in [-0.3, -0.25) is 0 Å². The zero-order chi connectivity index (χ0) is 9.42. The van der Waals surface area contributed by atoms with Crippen molar-refractivity contribution >= 4 is 38.4 Å². The highest BCUT2D eigenvalue weighted by molar-refractivity contribution is 9.10. The Morgan fingerprint density at radius 3 is 2.85 bits per heavy atom. The molecule has 0 saturated heterocycles. The van der Waals surface area contributed by atoms with Crippen molar-refractivity contribution < 1.29 is 0 Å². The highest BCUT2D eigenvalue weighted by Crippen LogP contribution is 2.23. The average Bonchev–Trinajstić information content (AvgIpc) is 2.06. The van der Waals surface area contributed by atoms with Gasteiger partial charge in [-0.2, -0.15) is 0 Å². The molecule has 66 valence electrons. The van der Waals surface area contributed by atoms with E-state index in [0.29, 0.717) is 0 Å². The molecule has 13 heavy (non-hydrogen) atoms. The number of rotatable bonds is 0. The summed E-state index contributed by atoms with van der Waals surface area (Å²) in [5, 5.41) is 1.86. The van der Waals surface area contributed by atoms with Crippen molar-refractivity contribution in [1.29, 1.82) is 0 Å². The van der Waals surface area contributed by atoms with Crippen LogP contribution >= 0.6 is 27.5 Å². The molecule has 0 atom stereocenters. The number of benzene rings is 1. The molecule has 1 heterocycles. The minimum atomic E-state index is 0.750. The topological polar surface area (TPSA) is 12.9 Å². The summed E-state index contributed by atoms with van der Waals surface area (Å²) in [7, 11) is 0. The number of pyridine rings is 1. The Kier molecular flexibility index (Phi) is 2.26. The number of fused-ring (bicyclic) bond motifs is 1. The van der Waals surface area contributed by atoms with E-state index in [1.807, 2.05) is 31.2 Å². The van der Waals surface area contributed by atoms with Crippen LogP contribution in [0.4, 0.5) is 0 Å². The fourth-order valence-electron chi connectivity index (χ4n) is 1.33. The molecular weight excluding hydrogens is 249 g/mol. The number of aryl methyl sites for hydroxylation is 1. The maximum absolute atomic E-state index is 5.89. The molecule has 0 bridgehead atoms. The number of aromatic nitrogens is 1. The summed E-state index contributed by atoms with van der Waals surface area (Å²) in [6, 6.07) is 7.70. The van der Waals surface area contributed by atoms with Crippen molar-refractivity contribution in [2.24, 2.45) is 0 Å². The van der Waals surface area contributed by atoms with E-state index in [-0.39, 0.29) is 0 Å². The first-order valence-electron chi connectivity index (χ1n) is 3.89. The van der Waals surface area contributed by atoms with Gasteiger partial charge in [-0.15, -0.1) is 0 Å². The molecule has 0 spiro atoms. The molecule has 2 aromatic rings. The summed E-state index contributed by atoms with van der Waals surface area (Å²) in [6.45, 7) is 2.05. The molecule has 0 aliphatic heterocycles. The summed E-state index contributed by atoms with van der Waals surface area (Å²) in [5.74, 6) is 0. The predicted octanol–water partition coefficient (Wildman–Crippen LogP) is 3.96. The minimum absolute atomic E-state index is 0.750. The summed E-state index contributed by atoms with van der Waals surface area (Å²) >= 11 is 9.25. The Morgan fingerprint density at radius 1 is 1.31 bits per heavy atom. The molecule has 1 aromatic carbocycles. The number of hydrogen-bond donors (Lipinski definition) is 0. The van der Waals surface area contributed by atoms with Gasteiger partial charge < -0.3 is 0 Å². The highest BCUT2D eigenvalue weighted by Gasteiger charge is 2.00. The lowest BCUT2D eigenvalue weighted by molar-refractivity contribution is 1.32. The van der Waals surface area contributed by atoms with Gasteiger partial charge in [0, 0.05) is 10.4 Å². The van der Waals surface area contributed by atoms with Crippen molar-refractivity contribution in [2.75, 3.05) is 0 Å². The fraction of sp³-hybridized carbons (Fsp3) is 0.100. The van der Waals surface area contributed by atoms with E-state index < -0.39 is 0 Å². The Morgan fingerprint density at radius 2 is 2.08 bits per heavy atom. The molecule has 2 rings (SSSR count). The van der Waals surface area contributed by atoms with E-state index in [1.54, 1.807) is 0 Å². The van der Waals surface area contributed by atoms with Crippen LogP contribution in [0.3, 0.4) is 0 Å². The summed E-state index contributed by atoms with van der Waals surface area (Å²) < 4.78 is 0.861. The molecule has 0 aliphatic rings. The molecule has 0 amide bonds. The van der Waals surface area contributed by atoms with E-state index >= 15 is 0 Å². The third-order valence-electron chi connectivity index (χ3n) is 1.95. The van der Waals surface area contributed by atoms with Crippen molar-refractivity contribution in [2.45, 2.75) is 6.92 Å². The van der Waals surface area contributed by atoms with Crippen LogP contribution in [0.15, 0.2) is 28.9 Å². The predicted molar refractivity (Wildman–Crippen MR) is 59.2 cm³/mol. The molecule has 1 nitrogen and oxygen atoms in total. The quantitative estimate of drug-likeness (QED) is 0.650. The molecule has 0 aliphatic carbocycles. The van der Waals surface area contributed by atoms with Crippen LogP contribution in [-0.4, -0.2) is 4.98 Å². The normalized spacial score (nSPS) is 10.7. The number of hydrogen-bond acceptors (Lipinski definition) is 1. The van der Waals surface area contributed by atoms with Crippen LogP contribution < -0.4 is 0 Å². The summed E-state index contributed by atoms with van der Waals surface area (Å²) in [5.41, 5.74) is 2.15. The number of nitrogens with zero attached hydrogens (tertiary/aromatic N) is 1. The molecule has 0 radical (unpaired) electrons. The standard InChI is InChI=1S/C10H7BrClN/c1-6-4-10(11)13-9-3-2-7(12)5-8(6)9/h2-5H,1H3. The van der Waals surface area contributed by atoms with Crippen LogP contribution in [0, 0.1) is 6.92 Å². The van der Waals surface area contributed by atoms with Crippen molar-refractivity contribution in [3.8, 4) is 0 Å². The zero-order valence-corrected chi connectivity index (χ0v) is 9.35. The lowest BCUT2D eigenvalue weighted by Crippen LogP contribution is -1.84. The van der Waals surface area contributed by atoms with E-state index in [4.69, 9.17) is 11.6 Å². The molecule has 0 fully saturated rings. The van der Waals surface area contributed by atoms with Gasteiger partial charge in [0.2, 0.25) is 0 Å². The van der Waals surface area contributed by atoms with Gasteiger partial charge in [-0.1, -0.05) is 11.6 Å². The average molecular weight is 257 g/mol. The van der Waals surface area contributed by atoms with Crippen LogP contribution in [0.2, 0.25) is 5.02 Å². The molecule has 0 N–H and O–H groups in total. The van der Waals surface area contributed by atoms with Gasteiger partial charge in [0.15, 0.2) is 0 Å². The second-order valence-electron chi connectivity index (χ2n) is 2.92. The molecule has 0 unspecified atom stereocenters. The third kappa shape index (κ3) is 1.69. The number of halogens is 2. The second kappa shape index (κ2) is 3.28. The van der Waals surface area contributed by atoms with Crippen LogP contribution in [0.25, 0.3) is 10.9 Å². The van der Waals surface area contributed by atoms with Gasteiger partial charge >= 0.3 is 0 Å². The van der Waals surface area contributed by atoms with E-state index in [0.717, 1.165) is 20.5 Å². The SMILES string of the molecule is Cc1cc(Br)nc2ccc(Cl)cc12. The van der Waals surface area contributed by atoms with E-state index in [1.165, 1.54) is 5.56 Å². The van der Waals surface area contributed by atoms with Crippen molar-refractivity contribution in [3.63, 3.8) is 0 Å². The van der Waals surface area contributed by atoms with Gasteiger partial charge in [-0.25, -0.2) is 4.98 Å². The first kappa shape index (κ1) is 8.97. The largest absolute Gasteiger partial charge is 0.241 e. The van der Waals surface area contributed by atoms with Crippen LogP contribution in [0.1, 0.15) is 5.56 Å². The zero-order valence-electron chi connectivity index (χ0n) is 7.01. The lowest BCUT2D eigenvalue weighted by Gasteiger charge is -2.02. The van der Waals surface area contributed by atoms with Gasteiger partial charge in [0.25, 0.3) is 0 Å². The highest BCUT2D eigenvalue weighted by atomic mass is 79.9. The Labute approximate surface area is 89.9 Å². The van der Waals surface area contributed by atoms with E-state index in [2.05, 4.69) is 20.9 Å². The summed E-state index contributed by atoms with van der Waals surface area (Å²) in [6.07, 6.45) is 0. The first-order valence-corrected chi connectivity index (χ1v) is 5.06. The Balaban J connectivity index is 2.87. The maximum Gasteiger partial charge on any atom is 0.107 e. The van der Waals surface area contributed by atoms with E-state index in [9.17, 15) is 0 Å². The molecule has 3 heteroatoms. The molecule has 1 aromatic heterocycles. The minimum Gasteiger partial charge on any atom is -0.241 e. The van der Waals surface area contributed by atoms with Crippen LogP contribution in [-0.2, 0) is 0 Å². The third-order valence-corrected chi connectivity index (χ3v) is 2.59. The van der Waals surface area contributed by atoms with Crippen molar-refractivity contribution in [3.05, 3.63) is 39.5 Å². The van der Waals surface area contributed by atoms with Gasteiger partial charge in [-0.05, 0) is 52.7 Å². The van der Waals surface area contributed by atoms with Gasteiger partial charge in [0.05, 0.1) is 5.52 Å². The molecule has 0 saturated carbocycles. The van der Waals surface area contributed by atoms with Crippen LogP contribution in [0.5, 0.6) is 0 Å². The fourth-order valence-corrected chi connectivity index (χ4v) is 2.03. The van der Waals surface area contributed by atoms with Crippen molar-refractivity contribution in [1.82, 2.24) is 4.98 Å². The Bertz CT molecular complexity index is 468. The smallest absolute Gasteiger partial charge is 0.107 e. The second-order valence-corrected chi connectivity index (χ2v) is 4.17. The Hall–Kier alpha value is -0.600. The first-order chi connectivity index (χ1) is 6.16.